The molecule has 5 heteroatoms. The van der Waals surface area contributed by atoms with Crippen molar-refractivity contribution >= 4 is 33.9 Å². The van der Waals surface area contributed by atoms with Crippen LogP contribution in [0.4, 0.5) is 4.79 Å². The van der Waals surface area contributed by atoms with Crippen molar-refractivity contribution in [3.05, 3.63) is 11.9 Å². The van der Waals surface area contributed by atoms with Gasteiger partial charge in [-0.25, -0.2) is 4.79 Å². The summed E-state index contributed by atoms with van der Waals surface area (Å²) in [5, 5.41) is 2.56. The average molecular weight is 214 g/mol. The van der Waals surface area contributed by atoms with Crippen molar-refractivity contribution in [2.75, 3.05) is 0 Å². The molecule has 0 aromatic heterocycles. The van der Waals surface area contributed by atoms with Gasteiger partial charge in [-0.15, -0.1) is 0 Å². The molecule has 0 radical (unpaired) electrons. The molecule has 2 heterocycles. The lowest BCUT2D eigenvalue weighted by atomic mass is 10.2. The Hall–Kier alpha value is -0.970. The summed E-state index contributed by atoms with van der Waals surface area (Å²) in [7, 11) is 0. The first-order valence-corrected chi connectivity index (χ1v) is 3.96. The number of amides is 2. The van der Waals surface area contributed by atoms with Crippen LogP contribution in [0.15, 0.2) is 21.9 Å². The number of fused-ring (bicyclic) bond motifs is 1. The van der Waals surface area contributed by atoms with Gasteiger partial charge in [-0.3, -0.25) is 4.99 Å². The van der Waals surface area contributed by atoms with Crippen LogP contribution in [0, 0.1) is 0 Å². The minimum atomic E-state index is -0.318. The Morgan fingerprint density at radius 3 is 3.18 bits per heavy atom. The van der Waals surface area contributed by atoms with Gasteiger partial charge in [0.1, 0.15) is 0 Å². The van der Waals surface area contributed by atoms with Crippen LogP contribution >= 0.6 is 15.9 Å². The molecule has 2 aliphatic rings. The first kappa shape index (κ1) is 6.72. The van der Waals surface area contributed by atoms with Crippen molar-refractivity contribution in [3.63, 3.8) is 0 Å². The fourth-order valence-corrected chi connectivity index (χ4v) is 1.43. The minimum absolute atomic E-state index is 0.0403. The number of alkyl halides is 1. The second-order valence-corrected chi connectivity index (χ2v) is 3.16. The van der Waals surface area contributed by atoms with Gasteiger partial charge in [0.2, 0.25) is 0 Å². The fourth-order valence-electron chi connectivity index (χ4n) is 0.949. The summed E-state index contributed by atoms with van der Waals surface area (Å²) < 4.78 is 0. The first-order chi connectivity index (χ1) is 5.27. The Morgan fingerprint density at radius 2 is 2.45 bits per heavy atom. The summed E-state index contributed by atoms with van der Waals surface area (Å²) >= 11 is 3.31. The predicted octanol–water partition coefficient (Wildman–Crippen LogP) is 0.840. The van der Waals surface area contributed by atoms with Gasteiger partial charge in [-0.05, 0) is 0 Å². The monoisotopic (exact) mass is 213 g/mol. The van der Waals surface area contributed by atoms with E-state index in [1.165, 1.54) is 0 Å². The maximum Gasteiger partial charge on any atom is 0.345 e. The molecule has 1 atom stereocenters. The summed E-state index contributed by atoms with van der Waals surface area (Å²) in [4.78, 5) is 18.4. The molecule has 1 unspecified atom stereocenters. The van der Waals surface area contributed by atoms with Crippen molar-refractivity contribution in [2.45, 2.75) is 4.83 Å². The summed E-state index contributed by atoms with van der Waals surface area (Å²) in [5.41, 5.74) is 1.41. The van der Waals surface area contributed by atoms with Crippen LogP contribution in [0.3, 0.4) is 0 Å². The van der Waals surface area contributed by atoms with Crippen molar-refractivity contribution in [3.8, 4) is 0 Å². The van der Waals surface area contributed by atoms with Crippen LogP contribution < -0.4 is 5.32 Å². The van der Waals surface area contributed by atoms with E-state index >= 15 is 0 Å². The topological polar surface area (TPSA) is 53.8 Å². The molecular weight excluding hydrogens is 210 g/mol. The molecule has 0 fully saturated rings. The lowest BCUT2D eigenvalue weighted by Crippen LogP contribution is -2.23. The Bertz CT molecular complexity index is 305. The maximum atomic E-state index is 10.7. The van der Waals surface area contributed by atoms with E-state index in [4.69, 9.17) is 0 Å². The third-order valence-corrected chi connectivity index (χ3v) is 2.09. The Morgan fingerprint density at radius 1 is 1.64 bits per heavy atom. The molecule has 2 rings (SSSR count). The highest BCUT2D eigenvalue weighted by atomic mass is 79.9. The number of carbonyl (C=O) groups is 1. The predicted molar refractivity (Wildman–Crippen MR) is 45.3 cm³/mol. The molecule has 0 bridgehead atoms. The van der Waals surface area contributed by atoms with E-state index in [2.05, 4.69) is 31.2 Å². The van der Waals surface area contributed by atoms with Crippen LogP contribution in [0.5, 0.6) is 0 Å². The lowest BCUT2D eigenvalue weighted by Gasteiger charge is -2.07. The number of urea groups is 1. The first-order valence-electron chi connectivity index (χ1n) is 3.05. The van der Waals surface area contributed by atoms with Gasteiger partial charge in [0.25, 0.3) is 0 Å². The highest BCUT2D eigenvalue weighted by Crippen LogP contribution is 2.15. The molecule has 1 N–H and O–H groups in total. The second-order valence-electron chi connectivity index (χ2n) is 2.17. The van der Waals surface area contributed by atoms with Crippen molar-refractivity contribution in [1.82, 2.24) is 5.32 Å². The highest BCUT2D eigenvalue weighted by Gasteiger charge is 2.26. The van der Waals surface area contributed by atoms with Crippen molar-refractivity contribution < 1.29 is 4.79 Å². The second kappa shape index (κ2) is 2.27. The third kappa shape index (κ3) is 1.01. The summed E-state index contributed by atoms with van der Waals surface area (Å²) in [6.45, 7) is 0. The van der Waals surface area contributed by atoms with Gasteiger partial charge in [0.05, 0.1) is 22.4 Å². The van der Waals surface area contributed by atoms with Gasteiger partial charge in [0, 0.05) is 6.21 Å². The van der Waals surface area contributed by atoms with Crippen LogP contribution in [0.25, 0.3) is 0 Å². The number of hydrogen-bond donors (Lipinski definition) is 1. The van der Waals surface area contributed by atoms with E-state index in [0.717, 1.165) is 0 Å². The maximum absolute atomic E-state index is 10.7. The molecule has 0 saturated carbocycles. The van der Waals surface area contributed by atoms with E-state index in [9.17, 15) is 4.79 Å². The smallest absolute Gasteiger partial charge is 0.303 e. The Labute approximate surface area is 71.2 Å². The summed E-state index contributed by atoms with van der Waals surface area (Å²) in [6, 6.07) is -0.318. The molecule has 0 saturated heterocycles. The van der Waals surface area contributed by atoms with Gasteiger partial charge in [-0.2, -0.15) is 4.99 Å². The SMILES string of the molecule is O=C1N=C2C(=CN=CC2Br)N1. The lowest BCUT2D eigenvalue weighted by molar-refractivity contribution is 0.253. The number of nitrogens with zero attached hydrogens (tertiary/aromatic N) is 2. The quantitative estimate of drug-likeness (QED) is 0.596. The van der Waals surface area contributed by atoms with E-state index in [1.807, 2.05) is 0 Å². The normalized spacial score (nSPS) is 27.4. The van der Waals surface area contributed by atoms with Gasteiger partial charge < -0.3 is 5.32 Å². The van der Waals surface area contributed by atoms with Crippen LogP contribution in [0.1, 0.15) is 0 Å². The van der Waals surface area contributed by atoms with E-state index in [-0.39, 0.29) is 10.9 Å². The standard InChI is InChI=1S/C6H4BrN3O/c7-3-1-8-2-4-5(3)10-6(11)9-4/h1-3H,(H,9,11). The Kier molecular flexibility index (Phi) is 1.38. The van der Waals surface area contributed by atoms with Gasteiger partial charge in [-0.1, -0.05) is 15.9 Å². The molecule has 0 aromatic carbocycles. The van der Waals surface area contributed by atoms with E-state index in [1.54, 1.807) is 12.4 Å². The van der Waals surface area contributed by atoms with Crippen LogP contribution in [-0.4, -0.2) is 22.8 Å². The summed E-state index contributed by atoms with van der Waals surface area (Å²) in [5.74, 6) is 0. The number of allylic oxidation sites excluding steroid dienone is 1. The van der Waals surface area contributed by atoms with Gasteiger partial charge >= 0.3 is 6.03 Å². The number of halogens is 1. The fraction of sp³-hybridized carbons (Fsp3) is 0.167. The molecule has 2 amide bonds. The van der Waals surface area contributed by atoms with E-state index < -0.39 is 0 Å². The number of nitrogens with one attached hydrogen (secondary N) is 1. The number of carbonyl (C=O) groups excluding carboxylic acids is 1. The zero-order valence-corrected chi connectivity index (χ0v) is 7.00. The molecule has 0 aliphatic carbocycles. The van der Waals surface area contributed by atoms with Gasteiger partial charge in [0.15, 0.2) is 0 Å². The molecule has 11 heavy (non-hydrogen) atoms. The number of aliphatic imine (C=N–C) groups is 2. The number of hydrogen-bond acceptors (Lipinski definition) is 2. The van der Waals surface area contributed by atoms with Crippen LogP contribution in [0.2, 0.25) is 0 Å². The zero-order valence-electron chi connectivity index (χ0n) is 5.41. The highest BCUT2D eigenvalue weighted by molar-refractivity contribution is 9.10. The molecule has 56 valence electrons. The molecular formula is C6H4BrN3O. The van der Waals surface area contributed by atoms with Crippen LogP contribution in [-0.2, 0) is 0 Å². The molecule has 2 aliphatic heterocycles. The Balaban J connectivity index is 2.43. The van der Waals surface area contributed by atoms with Crippen molar-refractivity contribution in [2.24, 2.45) is 9.98 Å². The third-order valence-electron chi connectivity index (χ3n) is 1.42. The molecule has 0 spiro atoms. The average Bonchev–Trinajstić information content (AvgIpc) is 2.31. The zero-order chi connectivity index (χ0) is 7.84. The summed E-state index contributed by atoms with van der Waals surface area (Å²) in [6.07, 6.45) is 3.27. The van der Waals surface area contributed by atoms with Crippen molar-refractivity contribution in [1.29, 1.82) is 0 Å². The minimum Gasteiger partial charge on any atom is -0.303 e. The number of rotatable bonds is 0. The largest absolute Gasteiger partial charge is 0.345 e. The molecule has 0 aromatic rings. The van der Waals surface area contributed by atoms with E-state index in [0.29, 0.717) is 11.4 Å². The molecule has 4 nitrogen and oxygen atoms in total.